The monoisotopic (exact) mass is 458 g/mol. The van der Waals surface area contributed by atoms with E-state index in [1.165, 1.54) is 6.26 Å². The van der Waals surface area contributed by atoms with Crippen LogP contribution >= 0.6 is 0 Å². The molecule has 0 aliphatic rings. The number of ether oxygens (including phenoxy) is 1. The van der Waals surface area contributed by atoms with E-state index in [2.05, 4.69) is 25.0 Å². The lowest BCUT2D eigenvalue weighted by Gasteiger charge is -2.17. The Hall–Kier alpha value is -3.44. The molecule has 0 saturated heterocycles. The third kappa shape index (κ3) is 5.83. The molecule has 2 aromatic heterocycles. The van der Waals surface area contributed by atoms with E-state index in [1.807, 2.05) is 36.0 Å². The van der Waals surface area contributed by atoms with Crippen LogP contribution in [-0.4, -0.2) is 55.5 Å². The lowest BCUT2D eigenvalue weighted by Crippen LogP contribution is -2.21. The summed E-state index contributed by atoms with van der Waals surface area (Å²) in [6.07, 6.45) is 5.96. The number of carbonyl (C=O) groups excluding carboxylic acids is 1. The first-order valence-corrected chi connectivity index (χ1v) is 11.9. The normalized spacial score (nSPS) is 13.6. The maximum absolute atomic E-state index is 12.7. The molecule has 170 valence electrons. The van der Waals surface area contributed by atoms with E-state index < -0.39 is 15.8 Å². The minimum absolute atomic E-state index is 0.0491. The van der Waals surface area contributed by atoms with Gasteiger partial charge in [-0.15, -0.1) is 4.36 Å². The molecule has 0 saturated carbocycles. The minimum atomic E-state index is -2.92. The highest BCUT2D eigenvalue weighted by atomic mass is 32.2. The zero-order chi connectivity index (χ0) is 23.1. The number of amides is 1. The van der Waals surface area contributed by atoms with Crippen LogP contribution in [0.3, 0.4) is 0 Å². The molecule has 32 heavy (non-hydrogen) atoms. The van der Waals surface area contributed by atoms with Gasteiger partial charge in [0.15, 0.2) is 5.82 Å². The maximum atomic E-state index is 12.7. The molecule has 2 atom stereocenters. The molecule has 1 aromatic carbocycles. The van der Waals surface area contributed by atoms with E-state index in [0.29, 0.717) is 22.3 Å². The van der Waals surface area contributed by atoms with Crippen molar-refractivity contribution in [1.29, 1.82) is 0 Å². The van der Waals surface area contributed by atoms with Gasteiger partial charge in [0.2, 0.25) is 5.95 Å². The van der Waals surface area contributed by atoms with Crippen LogP contribution < -0.4 is 10.6 Å². The van der Waals surface area contributed by atoms with E-state index in [-0.39, 0.29) is 19.3 Å². The van der Waals surface area contributed by atoms with Crippen LogP contribution in [-0.2, 0) is 14.5 Å². The Labute approximate surface area is 186 Å². The second-order valence-electron chi connectivity index (χ2n) is 6.99. The summed E-state index contributed by atoms with van der Waals surface area (Å²) in [5, 5.41) is 15.7. The predicted molar refractivity (Wildman–Crippen MR) is 123 cm³/mol. The number of hydrogen-bond donors (Lipinski definition) is 3. The highest BCUT2D eigenvalue weighted by molar-refractivity contribution is 7.93. The highest BCUT2D eigenvalue weighted by Crippen LogP contribution is 2.23. The fourth-order valence-corrected chi connectivity index (χ4v) is 3.85. The van der Waals surface area contributed by atoms with E-state index >= 15 is 0 Å². The van der Waals surface area contributed by atoms with Gasteiger partial charge in [-0.2, -0.15) is 4.98 Å². The number of hydrogen-bond acceptors (Lipinski definition) is 8. The second-order valence-corrected chi connectivity index (χ2v) is 9.25. The lowest BCUT2D eigenvalue weighted by atomic mass is 10.3. The quantitative estimate of drug-likeness (QED) is 0.468. The van der Waals surface area contributed by atoms with Crippen LogP contribution in [0.4, 0.5) is 22.2 Å². The van der Waals surface area contributed by atoms with Gasteiger partial charge in [0.05, 0.1) is 29.1 Å². The van der Waals surface area contributed by atoms with Gasteiger partial charge in [-0.1, -0.05) is 0 Å². The molecular weight excluding hydrogens is 432 g/mol. The van der Waals surface area contributed by atoms with Crippen LogP contribution in [0.25, 0.3) is 5.69 Å². The first-order valence-electron chi connectivity index (χ1n) is 9.96. The van der Waals surface area contributed by atoms with Crippen molar-refractivity contribution < 1.29 is 18.8 Å². The van der Waals surface area contributed by atoms with Crippen molar-refractivity contribution in [3.63, 3.8) is 0 Å². The average Bonchev–Trinajstić information content (AvgIpc) is 3.28. The number of benzene rings is 1. The average molecular weight is 459 g/mol. The molecule has 3 rings (SSSR count). The van der Waals surface area contributed by atoms with E-state index in [1.54, 1.807) is 37.4 Å². The Morgan fingerprint density at radius 2 is 1.97 bits per heavy atom. The number of nitrogens with zero attached hydrogens (tertiary/aromatic N) is 4. The number of aromatic nitrogens is 3. The van der Waals surface area contributed by atoms with Crippen molar-refractivity contribution in [2.24, 2.45) is 4.36 Å². The molecular formula is C21H26N6O4S. The fraction of sp³-hybridized carbons (Fsp3) is 0.286. The fourth-order valence-electron chi connectivity index (χ4n) is 2.77. The maximum Gasteiger partial charge on any atom is 0.442 e. The third-order valence-corrected chi connectivity index (χ3v) is 6.02. The van der Waals surface area contributed by atoms with Crippen molar-refractivity contribution in [3.8, 4) is 5.69 Å². The molecule has 1 unspecified atom stereocenters. The van der Waals surface area contributed by atoms with Crippen molar-refractivity contribution in [3.05, 3.63) is 55.0 Å². The topological polar surface area (TPSA) is 131 Å². The molecule has 0 aliphatic carbocycles. The van der Waals surface area contributed by atoms with Gasteiger partial charge in [0.1, 0.15) is 5.69 Å². The van der Waals surface area contributed by atoms with Crippen LogP contribution in [0.15, 0.2) is 64.2 Å². The number of rotatable bonds is 8. The molecule has 3 N–H and O–H groups in total. The second kappa shape index (κ2) is 10.2. The van der Waals surface area contributed by atoms with Crippen LogP contribution in [0, 0.1) is 0 Å². The van der Waals surface area contributed by atoms with Gasteiger partial charge >= 0.3 is 6.09 Å². The van der Waals surface area contributed by atoms with E-state index in [4.69, 9.17) is 4.74 Å². The number of aliphatic hydroxyl groups is 1. The van der Waals surface area contributed by atoms with Gasteiger partial charge < -0.3 is 25.0 Å². The Kier molecular flexibility index (Phi) is 7.44. The Morgan fingerprint density at radius 1 is 1.28 bits per heavy atom. The van der Waals surface area contributed by atoms with Gasteiger partial charge in [0.25, 0.3) is 0 Å². The highest BCUT2D eigenvalue weighted by Gasteiger charge is 2.13. The Bertz CT molecular complexity index is 1170. The molecule has 0 bridgehead atoms. The zero-order valence-electron chi connectivity index (χ0n) is 18.1. The number of anilines is 3. The third-order valence-electron chi connectivity index (χ3n) is 4.37. The Morgan fingerprint density at radius 3 is 2.59 bits per heavy atom. The zero-order valence-corrected chi connectivity index (χ0v) is 18.9. The summed E-state index contributed by atoms with van der Waals surface area (Å²) < 4.78 is 23.0. The van der Waals surface area contributed by atoms with Crippen LogP contribution in [0.5, 0.6) is 0 Å². The van der Waals surface area contributed by atoms with Crippen molar-refractivity contribution in [2.75, 3.05) is 30.1 Å². The largest absolute Gasteiger partial charge is 0.448 e. The summed E-state index contributed by atoms with van der Waals surface area (Å²) in [5.74, 6) is 0.899. The lowest BCUT2D eigenvalue weighted by molar-refractivity contribution is 0.164. The van der Waals surface area contributed by atoms with Crippen molar-refractivity contribution in [2.45, 2.75) is 24.8 Å². The molecule has 0 aliphatic heterocycles. The van der Waals surface area contributed by atoms with E-state index in [0.717, 1.165) is 5.69 Å². The first-order chi connectivity index (χ1) is 15.3. The number of aliphatic hydroxyl groups excluding tert-OH is 1. The molecule has 0 radical (unpaired) electrons. The summed E-state index contributed by atoms with van der Waals surface area (Å²) in [4.78, 5) is 20.9. The number of nitrogens with one attached hydrogen (secondary N) is 2. The molecule has 2 heterocycles. The Balaban J connectivity index is 1.83. The van der Waals surface area contributed by atoms with Gasteiger partial charge in [-0.25, -0.2) is 14.0 Å². The number of carbonyl (C=O) groups is 1. The summed E-state index contributed by atoms with van der Waals surface area (Å²) >= 11 is 0. The smallest absolute Gasteiger partial charge is 0.442 e. The standard InChI is InChI=1S/C21H26N6O4S/c1-4-31-21(29)26-32(3,30)17-9-7-16(8-10-17)24-20-22-13-18(27-11-5-6-12-27)19(25-20)23-15(2)14-28/h5-13,15,28H,4,14H2,1-3H3,(H2,22,23,24,25)/t15-,32?/m1/s1. The van der Waals surface area contributed by atoms with E-state index in [9.17, 15) is 14.1 Å². The van der Waals surface area contributed by atoms with Crippen molar-refractivity contribution >= 4 is 33.3 Å². The molecule has 0 fully saturated rings. The summed E-state index contributed by atoms with van der Waals surface area (Å²) in [5.41, 5.74) is 1.40. The molecule has 3 aromatic rings. The minimum Gasteiger partial charge on any atom is -0.448 e. The van der Waals surface area contributed by atoms with Crippen LogP contribution in [0.2, 0.25) is 0 Å². The van der Waals surface area contributed by atoms with Crippen molar-refractivity contribution in [1.82, 2.24) is 14.5 Å². The molecule has 10 nitrogen and oxygen atoms in total. The molecule has 11 heteroatoms. The molecule has 0 spiro atoms. The summed E-state index contributed by atoms with van der Waals surface area (Å²) in [7, 11) is -2.92. The van der Waals surface area contributed by atoms with Gasteiger partial charge in [0, 0.05) is 35.3 Å². The SMILES string of the molecule is CCOC(=O)N=S(C)(=O)c1ccc(Nc2ncc(-n3cccc3)c(N[C@H](C)CO)n2)cc1. The summed E-state index contributed by atoms with van der Waals surface area (Å²) in [6, 6.07) is 10.2. The molecule has 1 amide bonds. The predicted octanol–water partition coefficient (Wildman–Crippen LogP) is 3.42. The first kappa shape index (κ1) is 23.2. The van der Waals surface area contributed by atoms with Gasteiger partial charge in [-0.3, -0.25) is 0 Å². The van der Waals surface area contributed by atoms with Crippen LogP contribution in [0.1, 0.15) is 13.8 Å². The van der Waals surface area contributed by atoms with Gasteiger partial charge in [-0.05, 0) is 50.2 Å². The summed E-state index contributed by atoms with van der Waals surface area (Å²) in [6.45, 7) is 3.62.